The predicted octanol–water partition coefficient (Wildman–Crippen LogP) is 3.89. The number of fused-ring (bicyclic) bond motifs is 5. The minimum atomic E-state index is -0.335. The molecule has 0 aromatic carbocycles. The van der Waals surface area contributed by atoms with Crippen LogP contribution in [0.15, 0.2) is 11.6 Å². The summed E-state index contributed by atoms with van der Waals surface area (Å²) in [5.41, 5.74) is 1.81. The second kappa shape index (κ2) is 4.97. The van der Waals surface area contributed by atoms with Crippen LogP contribution >= 0.6 is 11.6 Å². The van der Waals surface area contributed by atoms with Gasteiger partial charge in [-0.3, -0.25) is 0 Å². The van der Waals surface area contributed by atoms with Crippen molar-refractivity contribution in [1.82, 2.24) is 0 Å². The molecule has 0 aliphatic heterocycles. The highest BCUT2D eigenvalue weighted by Crippen LogP contribution is 2.65. The molecule has 0 bridgehead atoms. The number of hydrogen-bond donors (Lipinski definition) is 2. The van der Waals surface area contributed by atoms with Crippen LogP contribution in [0.3, 0.4) is 0 Å². The summed E-state index contributed by atoms with van der Waals surface area (Å²) in [6.45, 7) is 4.72. The van der Waals surface area contributed by atoms with E-state index in [1.54, 1.807) is 0 Å². The largest absolute Gasteiger partial charge is 0.391 e. The van der Waals surface area contributed by atoms with E-state index in [-0.39, 0.29) is 28.4 Å². The van der Waals surface area contributed by atoms with Crippen LogP contribution in [-0.2, 0) is 0 Å². The molecule has 0 radical (unpaired) electrons. The lowest BCUT2D eigenvalue weighted by Crippen LogP contribution is -2.51. The van der Waals surface area contributed by atoms with Gasteiger partial charge in [0.15, 0.2) is 0 Å². The van der Waals surface area contributed by atoms with Crippen molar-refractivity contribution in [3.8, 4) is 0 Å². The van der Waals surface area contributed by atoms with Crippen LogP contribution in [0.1, 0.15) is 58.8 Å². The normalized spacial score (nSPS) is 57.6. The summed E-state index contributed by atoms with van der Waals surface area (Å²) in [6, 6.07) is 0. The average Bonchev–Trinajstić information content (AvgIpc) is 2.72. The summed E-state index contributed by atoms with van der Waals surface area (Å²) >= 11 is 6.46. The summed E-state index contributed by atoms with van der Waals surface area (Å²) in [5.74, 6) is 2.00. The number of allylic oxidation sites excluding steroid dienone is 1. The van der Waals surface area contributed by atoms with E-state index in [1.165, 1.54) is 18.4 Å². The van der Waals surface area contributed by atoms with Gasteiger partial charge in [-0.25, -0.2) is 0 Å². The van der Waals surface area contributed by atoms with E-state index in [0.29, 0.717) is 17.8 Å². The van der Waals surface area contributed by atoms with Crippen molar-refractivity contribution in [2.75, 3.05) is 0 Å². The van der Waals surface area contributed by atoms with Gasteiger partial charge in [0, 0.05) is 0 Å². The van der Waals surface area contributed by atoms with Crippen LogP contribution in [0, 0.1) is 28.6 Å². The summed E-state index contributed by atoms with van der Waals surface area (Å²) in [7, 11) is 0. The standard InChI is InChI=1S/C19H29ClO2/c1-18-7-5-12(21)9-11(18)3-4-13-14(18)6-8-19(2)15(13)10-16(20)17(19)22/h9,12-17,21-22H,3-8,10H2,1-2H3/t12?,13-,14-,15+,16?,17?,18+,19+/m1/s1. The summed E-state index contributed by atoms with van der Waals surface area (Å²) < 4.78 is 0. The minimum absolute atomic E-state index is 0.0271. The van der Waals surface area contributed by atoms with E-state index in [2.05, 4.69) is 19.9 Å². The fraction of sp³-hybridized carbons (Fsp3) is 0.895. The van der Waals surface area contributed by atoms with Crippen LogP contribution in [0.5, 0.6) is 0 Å². The predicted molar refractivity (Wildman–Crippen MR) is 88.7 cm³/mol. The summed E-state index contributed by atoms with van der Waals surface area (Å²) in [6.07, 6.45) is 9.27. The Morgan fingerprint density at radius 2 is 1.86 bits per heavy atom. The van der Waals surface area contributed by atoms with E-state index in [0.717, 1.165) is 32.1 Å². The third kappa shape index (κ3) is 1.93. The Bertz CT molecular complexity index is 504. The summed E-state index contributed by atoms with van der Waals surface area (Å²) in [5, 5.41) is 20.5. The number of rotatable bonds is 0. The highest BCUT2D eigenvalue weighted by Gasteiger charge is 2.60. The molecule has 0 aromatic rings. The zero-order valence-electron chi connectivity index (χ0n) is 13.8. The minimum Gasteiger partial charge on any atom is -0.391 e. The van der Waals surface area contributed by atoms with Crippen molar-refractivity contribution in [3.05, 3.63) is 11.6 Å². The summed E-state index contributed by atoms with van der Waals surface area (Å²) in [4.78, 5) is 0. The van der Waals surface area contributed by atoms with Gasteiger partial charge in [0.1, 0.15) is 0 Å². The maximum Gasteiger partial charge on any atom is 0.0760 e. The quantitative estimate of drug-likeness (QED) is 0.524. The number of halogens is 1. The molecule has 8 atom stereocenters. The fourth-order valence-electron chi connectivity index (χ4n) is 6.65. The third-order valence-corrected chi connectivity index (χ3v) is 8.44. The Labute approximate surface area is 138 Å². The van der Waals surface area contributed by atoms with Gasteiger partial charge in [-0.15, -0.1) is 11.6 Å². The average molecular weight is 325 g/mol. The molecule has 3 unspecified atom stereocenters. The number of hydrogen-bond acceptors (Lipinski definition) is 2. The van der Waals surface area contributed by atoms with Gasteiger partial charge in [0.05, 0.1) is 17.6 Å². The Kier molecular flexibility index (Phi) is 3.50. The molecular weight excluding hydrogens is 296 g/mol. The van der Waals surface area contributed by atoms with Crippen molar-refractivity contribution in [2.24, 2.45) is 28.6 Å². The van der Waals surface area contributed by atoms with Crippen molar-refractivity contribution >= 4 is 11.6 Å². The van der Waals surface area contributed by atoms with Gasteiger partial charge >= 0.3 is 0 Å². The van der Waals surface area contributed by atoms with E-state index < -0.39 is 0 Å². The van der Waals surface area contributed by atoms with Gasteiger partial charge in [-0.05, 0) is 73.5 Å². The van der Waals surface area contributed by atoms with Gasteiger partial charge in [-0.1, -0.05) is 25.5 Å². The molecule has 0 heterocycles. The fourth-order valence-corrected chi connectivity index (χ4v) is 7.13. The first kappa shape index (κ1) is 15.5. The second-order valence-corrected chi connectivity index (χ2v) is 9.43. The topological polar surface area (TPSA) is 40.5 Å². The zero-order chi connectivity index (χ0) is 15.7. The lowest BCUT2D eigenvalue weighted by atomic mass is 9.47. The Morgan fingerprint density at radius 1 is 1.09 bits per heavy atom. The van der Waals surface area contributed by atoms with Gasteiger partial charge < -0.3 is 10.2 Å². The zero-order valence-corrected chi connectivity index (χ0v) is 14.5. The second-order valence-electron chi connectivity index (χ2n) is 8.87. The SMILES string of the molecule is C[C@]12CCC(O)C=C1CC[C@@H]1[C@H]2CC[C@]2(C)C(O)C(Cl)C[C@@H]12. The monoisotopic (exact) mass is 324 g/mol. The van der Waals surface area contributed by atoms with E-state index >= 15 is 0 Å². The van der Waals surface area contributed by atoms with Crippen molar-refractivity contribution < 1.29 is 10.2 Å². The molecule has 2 N–H and O–H groups in total. The molecule has 0 saturated heterocycles. The molecule has 2 nitrogen and oxygen atoms in total. The molecule has 0 amide bonds. The first-order valence-corrected chi connectivity index (χ1v) is 9.51. The first-order valence-electron chi connectivity index (χ1n) is 9.07. The number of aliphatic hydroxyl groups excluding tert-OH is 2. The Balaban J connectivity index is 1.68. The van der Waals surface area contributed by atoms with E-state index in [4.69, 9.17) is 11.6 Å². The van der Waals surface area contributed by atoms with Crippen molar-refractivity contribution in [3.63, 3.8) is 0 Å². The molecule has 4 aliphatic rings. The first-order chi connectivity index (χ1) is 10.4. The maximum absolute atomic E-state index is 10.6. The third-order valence-electron chi connectivity index (χ3n) is 8.02. The highest BCUT2D eigenvalue weighted by molar-refractivity contribution is 6.21. The molecule has 3 fully saturated rings. The molecule has 4 aliphatic carbocycles. The molecule has 3 saturated carbocycles. The van der Waals surface area contributed by atoms with E-state index in [9.17, 15) is 10.2 Å². The van der Waals surface area contributed by atoms with Gasteiger partial charge in [-0.2, -0.15) is 0 Å². The smallest absolute Gasteiger partial charge is 0.0760 e. The maximum atomic E-state index is 10.6. The molecule has 4 rings (SSSR count). The highest BCUT2D eigenvalue weighted by atomic mass is 35.5. The molecule has 0 spiro atoms. The van der Waals surface area contributed by atoms with Gasteiger partial charge in [0.25, 0.3) is 0 Å². The molecule has 0 aromatic heterocycles. The van der Waals surface area contributed by atoms with Crippen molar-refractivity contribution in [2.45, 2.75) is 76.4 Å². The number of aliphatic hydroxyl groups is 2. The Morgan fingerprint density at radius 3 is 2.64 bits per heavy atom. The molecular formula is C19H29ClO2. The van der Waals surface area contributed by atoms with E-state index in [1.807, 2.05) is 0 Å². The number of alkyl halides is 1. The molecule has 3 heteroatoms. The molecule has 124 valence electrons. The van der Waals surface area contributed by atoms with Crippen LogP contribution < -0.4 is 0 Å². The van der Waals surface area contributed by atoms with Crippen LogP contribution in [0.2, 0.25) is 0 Å². The molecule has 22 heavy (non-hydrogen) atoms. The van der Waals surface area contributed by atoms with Crippen molar-refractivity contribution in [1.29, 1.82) is 0 Å². The van der Waals surface area contributed by atoms with Crippen LogP contribution in [0.4, 0.5) is 0 Å². The lowest BCUT2D eigenvalue weighted by molar-refractivity contribution is -0.0759. The van der Waals surface area contributed by atoms with Crippen LogP contribution in [-0.4, -0.2) is 27.8 Å². The lowest BCUT2D eigenvalue weighted by Gasteiger charge is -2.58. The van der Waals surface area contributed by atoms with Crippen LogP contribution in [0.25, 0.3) is 0 Å². The Hall–Kier alpha value is -0.0500. The van der Waals surface area contributed by atoms with Gasteiger partial charge in [0.2, 0.25) is 0 Å².